The molecule has 2 aliphatic heterocycles. The van der Waals surface area contributed by atoms with Gasteiger partial charge in [0.05, 0.1) is 43.9 Å². The van der Waals surface area contributed by atoms with Crippen LogP contribution in [0.4, 0.5) is 4.79 Å². The number of nitrogens with one attached hydrogen (secondary N) is 2. The molecule has 6 aliphatic rings. The monoisotopic (exact) mass is 784 g/mol. The molecule has 2 bridgehead atoms. The second-order valence-electron chi connectivity index (χ2n) is 17.3. The van der Waals surface area contributed by atoms with E-state index in [1.54, 1.807) is 19.9 Å². The number of rotatable bonds is 5. The lowest BCUT2D eigenvalue weighted by atomic mass is 9.49. The SMILES string of the molecule is COC(=O)N[C@H]1[C@@H](C)O[C@@H](O[C@@H]2C/C=C(\C)[C@H]3C=C[C@H]4[C@H](O)[C@H](C)C[C@@H](C)[C@@H]4[C@@]3(C)C(O)=C3C(=O)O[C@@]4(CC(C=O)=C[C@@H](O)[C@@H]4/C=C/2C)C3=O)C[C@]1(C)[NH+]([O-])O. The average Bonchev–Trinajstić information content (AvgIpc) is 3.38. The second kappa shape index (κ2) is 15.2. The molecular weight excluding hydrogens is 728 g/mol. The Kier molecular flexibility index (Phi) is 11.4. The number of aldehydes is 1. The van der Waals surface area contributed by atoms with E-state index in [2.05, 4.69) is 5.32 Å². The summed E-state index contributed by atoms with van der Waals surface area (Å²) in [5, 5.41) is 60.1. The van der Waals surface area contributed by atoms with Crippen molar-refractivity contribution in [2.75, 3.05) is 7.11 Å². The molecule has 56 heavy (non-hydrogen) atoms. The molecule has 1 spiro atoms. The number of aliphatic hydroxyl groups excluding tert-OH is 3. The van der Waals surface area contributed by atoms with Crippen LogP contribution in [0.15, 0.2) is 58.4 Å². The molecule has 1 saturated carbocycles. The normalized spacial score (nSPS) is 46.4. The van der Waals surface area contributed by atoms with E-state index in [1.807, 2.05) is 45.9 Å². The lowest BCUT2D eigenvalue weighted by Gasteiger charge is -2.55. The van der Waals surface area contributed by atoms with Gasteiger partial charge in [0.2, 0.25) is 5.78 Å². The van der Waals surface area contributed by atoms with E-state index in [-0.39, 0.29) is 36.7 Å². The average molecular weight is 785 g/mol. The van der Waals surface area contributed by atoms with E-state index >= 15 is 0 Å². The fourth-order valence-electron chi connectivity index (χ4n) is 10.9. The molecule has 2 saturated heterocycles. The van der Waals surface area contributed by atoms with E-state index in [9.17, 15) is 44.9 Å². The summed E-state index contributed by atoms with van der Waals surface area (Å²) in [6, 6.07) is -0.970. The number of hydroxylamine groups is 2. The van der Waals surface area contributed by atoms with E-state index in [0.29, 0.717) is 18.3 Å². The van der Waals surface area contributed by atoms with Crippen LogP contribution in [-0.2, 0) is 33.3 Å². The number of quaternary nitrogens is 1. The molecule has 6 N–H and O–H groups in total. The van der Waals surface area contributed by atoms with Crippen LogP contribution in [-0.4, -0.2) is 99.7 Å². The Balaban J connectivity index is 1.51. The predicted octanol–water partition coefficient (Wildman–Crippen LogP) is 2.70. The summed E-state index contributed by atoms with van der Waals surface area (Å²) in [6.45, 7) is 12.6. The molecule has 15 nitrogen and oxygen atoms in total. The number of carbonyl (C=O) groups is 4. The molecule has 2 heterocycles. The van der Waals surface area contributed by atoms with E-state index in [1.165, 1.54) is 20.1 Å². The number of methoxy groups -OCH3 is 1. The molecule has 3 fully saturated rings. The van der Waals surface area contributed by atoms with E-state index in [4.69, 9.17) is 18.9 Å². The number of amides is 1. The molecule has 1 unspecified atom stereocenters. The number of hydrogen-bond acceptors (Lipinski definition) is 13. The van der Waals surface area contributed by atoms with Gasteiger partial charge < -0.3 is 44.8 Å². The maximum atomic E-state index is 14.9. The largest absolute Gasteiger partial charge is 0.600 e. The summed E-state index contributed by atoms with van der Waals surface area (Å²) in [5.41, 5.74) is -4.13. The number of alkyl carbamates (subject to hydrolysis) is 1. The number of esters is 1. The first-order valence-electron chi connectivity index (χ1n) is 19.4. The van der Waals surface area contributed by atoms with Gasteiger partial charge in [-0.1, -0.05) is 50.6 Å². The predicted molar refractivity (Wildman–Crippen MR) is 198 cm³/mol. The molecule has 0 aromatic rings. The number of hydrogen-bond donors (Lipinski definition) is 6. The van der Waals surface area contributed by atoms with Gasteiger partial charge in [0, 0.05) is 23.7 Å². The van der Waals surface area contributed by atoms with Crippen molar-refractivity contribution in [3.8, 4) is 0 Å². The van der Waals surface area contributed by atoms with Crippen molar-refractivity contribution >= 4 is 24.1 Å². The Morgan fingerprint density at radius 2 is 1.79 bits per heavy atom. The maximum absolute atomic E-state index is 14.9. The number of fused-ring (bicyclic) bond motifs is 4. The van der Waals surface area contributed by atoms with Crippen LogP contribution in [0, 0.1) is 46.1 Å². The minimum Gasteiger partial charge on any atom is -0.600 e. The number of ether oxygens (including phenoxy) is 4. The van der Waals surface area contributed by atoms with Gasteiger partial charge in [-0.3, -0.25) is 9.59 Å². The summed E-state index contributed by atoms with van der Waals surface area (Å²) < 4.78 is 23.5. The Morgan fingerprint density at radius 1 is 1.09 bits per heavy atom. The van der Waals surface area contributed by atoms with Crippen LogP contribution < -0.4 is 10.5 Å². The van der Waals surface area contributed by atoms with Crippen LogP contribution in [0.1, 0.15) is 74.1 Å². The second-order valence-corrected chi connectivity index (χ2v) is 17.3. The molecule has 1 amide bonds. The Bertz CT molecular complexity index is 1780. The van der Waals surface area contributed by atoms with Crippen LogP contribution >= 0.6 is 0 Å². The molecular formula is C41H56N2O13. The van der Waals surface area contributed by atoms with Crippen LogP contribution in [0.2, 0.25) is 0 Å². The highest BCUT2D eigenvalue weighted by Crippen LogP contribution is 2.60. The maximum Gasteiger partial charge on any atom is 0.407 e. The van der Waals surface area contributed by atoms with Gasteiger partial charge in [0.1, 0.15) is 23.7 Å². The van der Waals surface area contributed by atoms with Crippen molar-refractivity contribution in [2.45, 2.75) is 122 Å². The Hall–Kier alpha value is -3.70. The van der Waals surface area contributed by atoms with Gasteiger partial charge in [-0.2, -0.15) is 0 Å². The third-order valence-corrected chi connectivity index (χ3v) is 13.8. The highest BCUT2D eigenvalue weighted by Gasteiger charge is 2.64. The first-order valence-corrected chi connectivity index (χ1v) is 19.4. The highest BCUT2D eigenvalue weighted by molar-refractivity contribution is 6.26. The Morgan fingerprint density at radius 3 is 2.43 bits per heavy atom. The number of allylic oxidation sites excluding steroid dienone is 3. The van der Waals surface area contributed by atoms with E-state index < -0.39 is 111 Å². The van der Waals surface area contributed by atoms with E-state index in [0.717, 1.165) is 5.57 Å². The van der Waals surface area contributed by atoms with Crippen molar-refractivity contribution in [2.24, 2.45) is 40.9 Å². The molecule has 0 radical (unpaired) electrons. The van der Waals surface area contributed by atoms with Crippen LogP contribution in [0.3, 0.4) is 0 Å². The third kappa shape index (κ3) is 6.68. The number of aliphatic hydroxyl groups is 3. The molecule has 4 aliphatic carbocycles. The van der Waals surface area contributed by atoms with Gasteiger partial charge in [-0.15, -0.1) is 0 Å². The molecule has 15 heteroatoms. The summed E-state index contributed by atoms with van der Waals surface area (Å²) in [5.74, 6) is -5.05. The minimum absolute atomic E-state index is 0.0391. The fourth-order valence-corrected chi connectivity index (χ4v) is 10.9. The summed E-state index contributed by atoms with van der Waals surface area (Å²) in [4.78, 5) is 53.3. The smallest absolute Gasteiger partial charge is 0.407 e. The zero-order valence-corrected chi connectivity index (χ0v) is 33.2. The van der Waals surface area contributed by atoms with Crippen molar-refractivity contribution in [3.63, 3.8) is 0 Å². The lowest BCUT2D eigenvalue weighted by Crippen LogP contribution is -3.17. The molecule has 16 atom stereocenters. The zero-order valence-electron chi connectivity index (χ0n) is 33.2. The molecule has 0 aromatic heterocycles. The fraction of sp³-hybridized carbons (Fsp3) is 0.659. The molecule has 308 valence electrons. The highest BCUT2D eigenvalue weighted by atomic mass is 16.8. The number of carbonyl (C=O) groups excluding carboxylic acids is 4. The minimum atomic E-state index is -2.08. The molecule has 6 rings (SSSR count). The van der Waals surface area contributed by atoms with Crippen LogP contribution in [0.25, 0.3) is 0 Å². The van der Waals surface area contributed by atoms with Gasteiger partial charge in [-0.25, -0.2) is 20.0 Å². The molecule has 0 aromatic carbocycles. The van der Waals surface area contributed by atoms with Gasteiger partial charge in [0.15, 0.2) is 17.4 Å². The first-order chi connectivity index (χ1) is 26.2. The first kappa shape index (κ1) is 41.9. The van der Waals surface area contributed by atoms with Crippen molar-refractivity contribution in [1.82, 2.24) is 5.32 Å². The zero-order chi connectivity index (χ0) is 41.2. The quantitative estimate of drug-likeness (QED) is 0.0777. The summed E-state index contributed by atoms with van der Waals surface area (Å²) in [6.07, 6.45) is 3.74. The summed E-state index contributed by atoms with van der Waals surface area (Å²) in [7, 11) is 1.18. The van der Waals surface area contributed by atoms with Gasteiger partial charge in [0.25, 0.3) is 0 Å². The third-order valence-electron chi connectivity index (χ3n) is 13.8. The lowest BCUT2D eigenvalue weighted by molar-refractivity contribution is -1.09. The number of ketones is 1. The standard InChI is InChI=1S/C41H56N2O13/c1-19-9-12-29(55-30-17-39(6,43(51)52)34(23(5)54-30)42-38(50)53-8)20(2)14-27-28(45)15-24(18-44)16-41(27)36(48)31(37(49)56-41)35(47)40(7)26(19)11-10-25-32(40)21(3)13-22(4)33(25)46/h9-11,14-15,18,21-23,25-30,32-34,43,45-47,51H,12-13,16-17H2,1-8H3,(H,42,50)/b19-9+,20-14+,35-31?/t21-,22-,23-,25-,26-,27+,28-,29-,30+,32+,33-,34+,39+,40+,41-/m1/s1. The van der Waals surface area contributed by atoms with Crippen molar-refractivity contribution in [3.05, 3.63) is 63.6 Å². The van der Waals surface area contributed by atoms with Gasteiger partial charge >= 0.3 is 12.1 Å². The van der Waals surface area contributed by atoms with Crippen molar-refractivity contribution < 1.29 is 63.9 Å². The van der Waals surface area contributed by atoms with Gasteiger partial charge in [-0.05, 0) is 75.5 Å². The van der Waals surface area contributed by atoms with Crippen molar-refractivity contribution in [1.29, 1.82) is 0 Å². The summed E-state index contributed by atoms with van der Waals surface area (Å²) >= 11 is 0. The Labute approximate surface area is 326 Å². The van der Waals surface area contributed by atoms with Crippen LogP contribution in [0.5, 0.6) is 0 Å². The topological polar surface area (TPSA) is 226 Å². The number of Topliss-reactive ketones (excluding diaryl/α,β-unsaturated/α-hetero) is 1.